The van der Waals surface area contributed by atoms with Crippen molar-refractivity contribution < 1.29 is 8.91 Å². The Morgan fingerprint density at radius 1 is 1.00 bits per heavy atom. The largest absolute Gasteiger partial charge is 0.339 e. The molecule has 0 saturated carbocycles. The molecule has 2 heterocycles. The van der Waals surface area contributed by atoms with Crippen molar-refractivity contribution in [3.05, 3.63) is 65.4 Å². The minimum Gasteiger partial charge on any atom is -0.339 e. The molecule has 0 N–H and O–H groups in total. The third kappa shape index (κ3) is 7.41. The smallest absolute Gasteiger partial charge is 0.226 e. The molecule has 2 aromatic heterocycles. The van der Waals surface area contributed by atoms with E-state index >= 15 is 0 Å². The van der Waals surface area contributed by atoms with E-state index in [9.17, 15) is 4.39 Å². The molecule has 0 atom stereocenters. The molecule has 0 spiro atoms. The molecule has 0 bridgehead atoms. The van der Waals surface area contributed by atoms with E-state index in [1.807, 2.05) is 26.8 Å². The first-order valence-corrected chi connectivity index (χ1v) is 9.22. The fourth-order valence-corrected chi connectivity index (χ4v) is 1.81. The Labute approximate surface area is 160 Å². The summed E-state index contributed by atoms with van der Waals surface area (Å²) in [5, 5.41) is 3.86. The van der Waals surface area contributed by atoms with Gasteiger partial charge in [0, 0.05) is 23.7 Å². The standard InChI is InChI=1S/C17H12FN3O.C3H8.C2H6/c1-2-16-20-17(21-22-16)15-9-8-13(11-19-15)7-6-12-4-3-5-14(18)10-12;1-3-2;1-2/h3-5,8-11H,2H2,1H3;3H2,1-2H3;1-2H3. The highest BCUT2D eigenvalue weighted by atomic mass is 19.1. The first-order chi connectivity index (χ1) is 13.2. The van der Waals surface area contributed by atoms with Crippen LogP contribution in [0.4, 0.5) is 4.39 Å². The van der Waals surface area contributed by atoms with Gasteiger partial charge in [-0.15, -0.1) is 0 Å². The molecule has 27 heavy (non-hydrogen) atoms. The monoisotopic (exact) mass is 367 g/mol. The maximum absolute atomic E-state index is 13.1. The maximum atomic E-state index is 13.1. The summed E-state index contributed by atoms with van der Waals surface area (Å²) in [6, 6.07) is 9.75. The number of aromatic nitrogens is 3. The number of hydrogen-bond donors (Lipinski definition) is 0. The van der Waals surface area contributed by atoms with Gasteiger partial charge in [-0.3, -0.25) is 4.98 Å². The summed E-state index contributed by atoms with van der Waals surface area (Å²) in [7, 11) is 0. The minimum absolute atomic E-state index is 0.302. The molecule has 3 rings (SSSR count). The molecule has 0 amide bonds. The van der Waals surface area contributed by atoms with Gasteiger partial charge in [0.05, 0.1) is 0 Å². The second kappa shape index (κ2) is 12.4. The molecule has 0 saturated heterocycles. The van der Waals surface area contributed by atoms with E-state index in [2.05, 4.69) is 40.8 Å². The van der Waals surface area contributed by atoms with Crippen LogP contribution in [0.15, 0.2) is 47.1 Å². The van der Waals surface area contributed by atoms with Crippen LogP contribution in [0.2, 0.25) is 0 Å². The van der Waals surface area contributed by atoms with E-state index in [4.69, 9.17) is 4.52 Å². The maximum Gasteiger partial charge on any atom is 0.226 e. The summed E-state index contributed by atoms with van der Waals surface area (Å²) in [6.45, 7) is 10.2. The lowest BCUT2D eigenvalue weighted by molar-refractivity contribution is 0.382. The molecule has 3 aromatic rings. The zero-order valence-corrected chi connectivity index (χ0v) is 16.6. The molecule has 0 radical (unpaired) electrons. The molecule has 0 unspecified atom stereocenters. The van der Waals surface area contributed by atoms with Gasteiger partial charge in [-0.2, -0.15) is 4.98 Å². The summed E-state index contributed by atoms with van der Waals surface area (Å²) in [6.07, 6.45) is 3.56. The third-order valence-electron chi connectivity index (χ3n) is 2.94. The van der Waals surface area contributed by atoms with Crippen molar-refractivity contribution in [1.82, 2.24) is 15.1 Å². The zero-order valence-electron chi connectivity index (χ0n) is 16.6. The number of hydrogen-bond acceptors (Lipinski definition) is 4. The Hall–Kier alpha value is -3.00. The van der Waals surface area contributed by atoms with Gasteiger partial charge in [-0.05, 0) is 30.3 Å². The lowest BCUT2D eigenvalue weighted by Gasteiger charge is -1.94. The van der Waals surface area contributed by atoms with Crippen LogP contribution in [0.1, 0.15) is 58.1 Å². The molecular weight excluding hydrogens is 341 g/mol. The average Bonchev–Trinajstić information content (AvgIpc) is 3.18. The van der Waals surface area contributed by atoms with Gasteiger partial charge in [-0.25, -0.2) is 4.39 Å². The van der Waals surface area contributed by atoms with Gasteiger partial charge in [0.25, 0.3) is 0 Å². The molecule has 0 aliphatic heterocycles. The van der Waals surface area contributed by atoms with Crippen molar-refractivity contribution in [1.29, 1.82) is 0 Å². The van der Waals surface area contributed by atoms with Gasteiger partial charge in [-0.1, -0.05) is 64.1 Å². The average molecular weight is 367 g/mol. The minimum atomic E-state index is -0.302. The Bertz CT molecular complexity index is 861. The molecule has 0 aliphatic rings. The van der Waals surface area contributed by atoms with Crippen LogP contribution >= 0.6 is 0 Å². The molecule has 1 aromatic carbocycles. The lowest BCUT2D eigenvalue weighted by atomic mass is 10.2. The lowest BCUT2D eigenvalue weighted by Crippen LogP contribution is -1.87. The van der Waals surface area contributed by atoms with E-state index in [0.717, 1.165) is 5.56 Å². The molecule has 5 heteroatoms. The highest BCUT2D eigenvalue weighted by Crippen LogP contribution is 2.13. The normalized spacial score (nSPS) is 9.11. The molecule has 4 nitrogen and oxygen atoms in total. The predicted octanol–water partition coefficient (Wildman–Crippen LogP) is 5.68. The van der Waals surface area contributed by atoms with Gasteiger partial charge in [0.1, 0.15) is 11.5 Å². The first-order valence-electron chi connectivity index (χ1n) is 9.22. The van der Waals surface area contributed by atoms with Gasteiger partial charge in [0.15, 0.2) is 0 Å². The van der Waals surface area contributed by atoms with E-state index < -0.39 is 0 Å². The zero-order chi connectivity index (χ0) is 20.1. The van der Waals surface area contributed by atoms with E-state index in [1.165, 1.54) is 18.6 Å². The van der Waals surface area contributed by atoms with Crippen molar-refractivity contribution in [2.24, 2.45) is 0 Å². The summed E-state index contributed by atoms with van der Waals surface area (Å²) >= 11 is 0. The van der Waals surface area contributed by atoms with Crippen molar-refractivity contribution in [3.63, 3.8) is 0 Å². The van der Waals surface area contributed by atoms with Crippen LogP contribution in [-0.2, 0) is 6.42 Å². The number of nitrogens with zero attached hydrogens (tertiary/aromatic N) is 3. The van der Waals surface area contributed by atoms with Crippen LogP contribution in [0.3, 0.4) is 0 Å². The Morgan fingerprint density at radius 2 is 1.70 bits per heavy atom. The van der Waals surface area contributed by atoms with Crippen LogP contribution < -0.4 is 0 Å². The summed E-state index contributed by atoms with van der Waals surface area (Å²) in [5.74, 6) is 6.57. The van der Waals surface area contributed by atoms with Gasteiger partial charge in [0.2, 0.25) is 11.7 Å². The Morgan fingerprint density at radius 3 is 2.26 bits per heavy atom. The number of rotatable bonds is 2. The van der Waals surface area contributed by atoms with E-state index in [0.29, 0.717) is 29.4 Å². The van der Waals surface area contributed by atoms with Crippen molar-refractivity contribution in [2.45, 2.75) is 47.5 Å². The quantitative estimate of drug-likeness (QED) is 0.547. The fraction of sp³-hybridized carbons (Fsp3) is 0.318. The second-order valence-electron chi connectivity index (χ2n) is 5.26. The molecular formula is C22H26FN3O. The van der Waals surface area contributed by atoms with Crippen molar-refractivity contribution >= 4 is 0 Å². The summed E-state index contributed by atoms with van der Waals surface area (Å²) in [5.41, 5.74) is 1.97. The first kappa shape index (κ1) is 22.0. The number of benzene rings is 1. The van der Waals surface area contributed by atoms with Crippen LogP contribution in [0.25, 0.3) is 11.5 Å². The van der Waals surface area contributed by atoms with Gasteiger partial charge < -0.3 is 4.52 Å². The van der Waals surface area contributed by atoms with Crippen LogP contribution in [0.5, 0.6) is 0 Å². The summed E-state index contributed by atoms with van der Waals surface area (Å²) < 4.78 is 18.1. The number of halogens is 1. The highest BCUT2D eigenvalue weighted by Gasteiger charge is 2.07. The van der Waals surface area contributed by atoms with Crippen molar-refractivity contribution in [2.75, 3.05) is 0 Å². The fourth-order valence-electron chi connectivity index (χ4n) is 1.81. The number of aryl methyl sites for hydroxylation is 1. The summed E-state index contributed by atoms with van der Waals surface area (Å²) in [4.78, 5) is 8.48. The van der Waals surface area contributed by atoms with Gasteiger partial charge >= 0.3 is 0 Å². The molecule has 0 aliphatic carbocycles. The SMILES string of the molecule is CC.CCC.CCc1nc(-c2ccc(C#Cc3cccc(F)c3)cn2)no1. The van der Waals surface area contributed by atoms with Crippen LogP contribution in [-0.4, -0.2) is 15.1 Å². The van der Waals surface area contributed by atoms with E-state index in [1.54, 1.807) is 24.4 Å². The van der Waals surface area contributed by atoms with Crippen molar-refractivity contribution in [3.8, 4) is 23.4 Å². The predicted molar refractivity (Wildman–Crippen MR) is 107 cm³/mol. The Kier molecular flexibility index (Phi) is 10.1. The highest BCUT2D eigenvalue weighted by molar-refractivity contribution is 5.50. The topological polar surface area (TPSA) is 51.8 Å². The second-order valence-corrected chi connectivity index (χ2v) is 5.26. The van der Waals surface area contributed by atoms with Crippen LogP contribution in [0, 0.1) is 17.7 Å². The molecule has 142 valence electrons. The number of pyridine rings is 1. The third-order valence-corrected chi connectivity index (χ3v) is 2.94. The Balaban J connectivity index is 0.000000665. The van der Waals surface area contributed by atoms with E-state index in [-0.39, 0.29) is 5.82 Å². The molecule has 0 fully saturated rings.